The van der Waals surface area contributed by atoms with E-state index in [-0.39, 0.29) is 24.8 Å². The van der Waals surface area contributed by atoms with Crippen molar-refractivity contribution in [1.29, 1.82) is 0 Å². The van der Waals surface area contributed by atoms with E-state index >= 15 is 0 Å². The summed E-state index contributed by atoms with van der Waals surface area (Å²) in [6, 6.07) is 0. The Hall–Kier alpha value is -2.24. The minimum atomic E-state index is -1.92. The standard InChI is InChI=1S/C14H20O9.2H3N/c1-3-4-6(2)5-22-14(21)10-8(12(17)18)7(11(15)16)9(23-10)13(19)20;;/h6-10H,3-5H2,1-2H3,(H,15,16)(H,17,18)(H,19,20);2*1H3. The molecule has 5 unspecified atom stereocenters. The lowest BCUT2D eigenvalue weighted by molar-refractivity contribution is -0.168. The summed E-state index contributed by atoms with van der Waals surface area (Å²) in [7, 11) is 0. The van der Waals surface area contributed by atoms with Crippen LogP contribution in [0, 0.1) is 17.8 Å². The maximum Gasteiger partial charge on any atom is 0.336 e. The molecule has 1 saturated heterocycles. The Kier molecular flexibility index (Phi) is 10.6. The second-order valence-electron chi connectivity index (χ2n) is 5.57. The Bertz CT molecular complexity index is 497. The molecule has 1 heterocycles. The molecule has 1 fully saturated rings. The van der Waals surface area contributed by atoms with Crippen LogP contribution in [-0.2, 0) is 28.7 Å². The summed E-state index contributed by atoms with van der Waals surface area (Å²) in [5.41, 5.74) is 0. The first-order chi connectivity index (χ1) is 10.7. The number of hydrogen-bond acceptors (Lipinski definition) is 8. The fourth-order valence-electron chi connectivity index (χ4n) is 2.57. The fourth-order valence-corrected chi connectivity index (χ4v) is 2.57. The molecular weight excluding hydrogens is 340 g/mol. The summed E-state index contributed by atoms with van der Waals surface area (Å²) >= 11 is 0. The molecule has 5 atom stereocenters. The van der Waals surface area contributed by atoms with Gasteiger partial charge in [-0.1, -0.05) is 20.3 Å². The number of esters is 1. The fraction of sp³-hybridized carbons (Fsp3) is 0.714. The predicted molar refractivity (Wildman–Crippen MR) is 83.6 cm³/mol. The van der Waals surface area contributed by atoms with E-state index in [4.69, 9.17) is 24.8 Å². The van der Waals surface area contributed by atoms with Crippen LogP contribution >= 0.6 is 0 Å². The van der Waals surface area contributed by atoms with Crippen LogP contribution < -0.4 is 12.3 Å². The zero-order chi connectivity index (χ0) is 17.7. The zero-order valence-electron chi connectivity index (χ0n) is 14.2. The first-order valence-corrected chi connectivity index (χ1v) is 7.21. The number of rotatable bonds is 8. The van der Waals surface area contributed by atoms with E-state index in [9.17, 15) is 19.2 Å². The number of carbonyl (C=O) groups excluding carboxylic acids is 1. The predicted octanol–water partition coefficient (Wildman–Crippen LogP) is 0.543. The molecule has 1 aliphatic heterocycles. The molecule has 0 aromatic heterocycles. The molecule has 0 aromatic carbocycles. The van der Waals surface area contributed by atoms with Crippen molar-refractivity contribution in [3.63, 3.8) is 0 Å². The molecule has 9 N–H and O–H groups in total. The molecule has 0 spiro atoms. The van der Waals surface area contributed by atoms with Crippen molar-refractivity contribution in [2.45, 2.75) is 38.9 Å². The van der Waals surface area contributed by atoms with Gasteiger partial charge in [0.25, 0.3) is 0 Å². The van der Waals surface area contributed by atoms with E-state index in [1.807, 2.05) is 13.8 Å². The Morgan fingerprint density at radius 2 is 1.44 bits per heavy atom. The summed E-state index contributed by atoms with van der Waals surface area (Å²) in [5, 5.41) is 27.2. The Labute approximate surface area is 144 Å². The van der Waals surface area contributed by atoms with Gasteiger partial charge < -0.3 is 37.1 Å². The smallest absolute Gasteiger partial charge is 0.336 e. The summed E-state index contributed by atoms with van der Waals surface area (Å²) in [6.45, 7) is 3.81. The van der Waals surface area contributed by atoms with Gasteiger partial charge in [0.2, 0.25) is 0 Å². The van der Waals surface area contributed by atoms with E-state index in [0.717, 1.165) is 12.8 Å². The molecule has 25 heavy (non-hydrogen) atoms. The van der Waals surface area contributed by atoms with Crippen molar-refractivity contribution >= 4 is 23.9 Å². The molecule has 1 aliphatic rings. The van der Waals surface area contributed by atoms with Crippen LogP contribution in [0.15, 0.2) is 0 Å². The molecular formula is C14H26N2O9. The third-order valence-electron chi connectivity index (χ3n) is 3.67. The molecule has 146 valence electrons. The first-order valence-electron chi connectivity index (χ1n) is 7.21. The van der Waals surface area contributed by atoms with Gasteiger partial charge >= 0.3 is 23.9 Å². The molecule has 11 heteroatoms. The molecule has 0 bridgehead atoms. The van der Waals surface area contributed by atoms with E-state index in [1.54, 1.807) is 0 Å². The second-order valence-corrected chi connectivity index (χ2v) is 5.57. The number of hydrogen-bond donors (Lipinski definition) is 5. The van der Waals surface area contributed by atoms with Gasteiger partial charge in [-0.25, -0.2) is 9.59 Å². The normalized spacial score (nSPS) is 25.8. The van der Waals surface area contributed by atoms with Crippen LogP contribution in [-0.4, -0.2) is 58.0 Å². The van der Waals surface area contributed by atoms with Crippen LogP contribution in [0.1, 0.15) is 26.7 Å². The third-order valence-corrected chi connectivity index (χ3v) is 3.67. The van der Waals surface area contributed by atoms with E-state index < -0.39 is 47.9 Å². The highest BCUT2D eigenvalue weighted by Gasteiger charge is 2.58. The highest BCUT2D eigenvalue weighted by Crippen LogP contribution is 2.34. The SMILES string of the molecule is CCCC(C)COC(=O)C1OC(C(=O)O)C(C(=O)O)C1C(=O)O.N.N. The highest BCUT2D eigenvalue weighted by atomic mass is 16.6. The van der Waals surface area contributed by atoms with E-state index in [0.29, 0.717) is 0 Å². The van der Waals surface area contributed by atoms with Crippen LogP contribution in [0.4, 0.5) is 0 Å². The van der Waals surface area contributed by atoms with Crippen molar-refractivity contribution in [3.05, 3.63) is 0 Å². The van der Waals surface area contributed by atoms with Gasteiger partial charge in [0.15, 0.2) is 12.2 Å². The van der Waals surface area contributed by atoms with Gasteiger partial charge in [0.1, 0.15) is 11.8 Å². The summed E-state index contributed by atoms with van der Waals surface area (Å²) < 4.78 is 9.85. The van der Waals surface area contributed by atoms with Crippen LogP contribution in [0.2, 0.25) is 0 Å². The Morgan fingerprint density at radius 1 is 0.960 bits per heavy atom. The molecule has 0 amide bonds. The minimum absolute atomic E-state index is 0. The van der Waals surface area contributed by atoms with Crippen molar-refractivity contribution in [3.8, 4) is 0 Å². The molecule has 0 saturated carbocycles. The van der Waals surface area contributed by atoms with Gasteiger partial charge in [0, 0.05) is 0 Å². The van der Waals surface area contributed by atoms with Crippen molar-refractivity contribution in [1.82, 2.24) is 12.3 Å². The average molecular weight is 366 g/mol. The van der Waals surface area contributed by atoms with Crippen LogP contribution in [0.25, 0.3) is 0 Å². The first kappa shape index (κ1) is 25.0. The van der Waals surface area contributed by atoms with Crippen molar-refractivity contribution < 1.29 is 44.0 Å². The zero-order valence-corrected chi connectivity index (χ0v) is 14.2. The quantitative estimate of drug-likeness (QED) is 0.373. The summed E-state index contributed by atoms with van der Waals surface area (Å²) in [6.07, 6.45) is -2.02. The lowest BCUT2D eigenvalue weighted by Crippen LogP contribution is -2.39. The van der Waals surface area contributed by atoms with Gasteiger partial charge in [0.05, 0.1) is 6.61 Å². The van der Waals surface area contributed by atoms with Crippen LogP contribution in [0.3, 0.4) is 0 Å². The molecule has 0 radical (unpaired) electrons. The number of ether oxygens (including phenoxy) is 2. The second kappa shape index (κ2) is 10.6. The maximum atomic E-state index is 12.0. The topological polar surface area (TPSA) is 217 Å². The third kappa shape index (κ3) is 5.96. The summed E-state index contributed by atoms with van der Waals surface area (Å²) in [4.78, 5) is 45.6. The molecule has 0 aromatic rings. The van der Waals surface area contributed by atoms with E-state index in [1.165, 1.54) is 0 Å². The highest BCUT2D eigenvalue weighted by molar-refractivity contribution is 5.92. The van der Waals surface area contributed by atoms with Gasteiger partial charge in [-0.05, 0) is 12.3 Å². The van der Waals surface area contributed by atoms with Crippen LogP contribution in [0.5, 0.6) is 0 Å². The lowest BCUT2D eigenvalue weighted by Gasteiger charge is -2.17. The lowest BCUT2D eigenvalue weighted by atomic mass is 9.87. The monoisotopic (exact) mass is 366 g/mol. The molecule has 11 nitrogen and oxygen atoms in total. The van der Waals surface area contributed by atoms with E-state index in [2.05, 4.69) is 0 Å². The molecule has 1 rings (SSSR count). The Morgan fingerprint density at radius 3 is 1.84 bits per heavy atom. The molecule has 0 aliphatic carbocycles. The minimum Gasteiger partial charge on any atom is -0.481 e. The number of carboxylic acids is 3. The van der Waals surface area contributed by atoms with Gasteiger partial charge in [-0.3, -0.25) is 9.59 Å². The largest absolute Gasteiger partial charge is 0.481 e. The number of carbonyl (C=O) groups is 4. The van der Waals surface area contributed by atoms with Crippen molar-refractivity contribution in [2.24, 2.45) is 17.8 Å². The average Bonchev–Trinajstić information content (AvgIpc) is 2.86. The number of aliphatic carboxylic acids is 3. The number of carboxylic acid groups (broad SMARTS) is 3. The van der Waals surface area contributed by atoms with Crippen molar-refractivity contribution in [2.75, 3.05) is 6.61 Å². The summed E-state index contributed by atoms with van der Waals surface area (Å²) in [5.74, 6) is -9.62. The van der Waals surface area contributed by atoms with Gasteiger partial charge in [-0.2, -0.15) is 0 Å². The van der Waals surface area contributed by atoms with Gasteiger partial charge in [-0.15, -0.1) is 0 Å². The maximum absolute atomic E-state index is 12.0. The Balaban J connectivity index is 0.